The molecule has 0 radical (unpaired) electrons. The van der Waals surface area contributed by atoms with E-state index < -0.39 is 10.0 Å². The largest absolute Gasteiger partial charge is 0.507 e. The highest BCUT2D eigenvalue weighted by Gasteiger charge is 2.15. The molecular formula is C30H40N2O6S. The van der Waals surface area contributed by atoms with E-state index in [1.807, 2.05) is 64.1 Å². The zero-order chi connectivity index (χ0) is 29.4. The third-order valence-corrected chi connectivity index (χ3v) is 6.18. The van der Waals surface area contributed by atoms with Gasteiger partial charge in [-0.05, 0) is 67.3 Å². The second-order valence-electron chi connectivity index (χ2n) is 8.39. The molecular weight excluding hydrogens is 516 g/mol. The lowest BCUT2D eigenvalue weighted by Crippen LogP contribution is -2.22. The van der Waals surface area contributed by atoms with E-state index in [9.17, 15) is 23.1 Å². The van der Waals surface area contributed by atoms with Crippen molar-refractivity contribution >= 4 is 22.2 Å². The Balaban J connectivity index is 0.000000839. The molecule has 0 unspecified atom stereocenters. The molecule has 0 aliphatic heterocycles. The summed E-state index contributed by atoms with van der Waals surface area (Å²) in [7, 11) is -1.54. The topological polar surface area (TPSA) is 122 Å². The van der Waals surface area contributed by atoms with E-state index in [0.29, 0.717) is 25.1 Å². The number of hydrogen-bond donors (Lipinski definition) is 3. The quantitative estimate of drug-likeness (QED) is 0.291. The van der Waals surface area contributed by atoms with Crippen molar-refractivity contribution in [2.24, 2.45) is 0 Å². The van der Waals surface area contributed by atoms with Gasteiger partial charge in [0, 0.05) is 13.0 Å². The first-order valence-electron chi connectivity index (χ1n) is 12.9. The molecule has 9 heteroatoms. The van der Waals surface area contributed by atoms with E-state index in [0.717, 1.165) is 47.0 Å². The maximum atomic E-state index is 12.6. The van der Waals surface area contributed by atoms with Gasteiger partial charge in [0.05, 0.1) is 11.8 Å². The molecule has 0 spiro atoms. The van der Waals surface area contributed by atoms with E-state index >= 15 is 0 Å². The summed E-state index contributed by atoms with van der Waals surface area (Å²) in [6.45, 7) is 8.38. The first kappa shape index (κ1) is 33.3. The molecule has 0 fully saturated rings. The van der Waals surface area contributed by atoms with E-state index in [1.54, 1.807) is 12.1 Å². The van der Waals surface area contributed by atoms with Crippen molar-refractivity contribution < 1.29 is 27.9 Å². The first-order valence-corrected chi connectivity index (χ1v) is 14.7. The van der Waals surface area contributed by atoms with E-state index in [2.05, 4.69) is 16.1 Å². The zero-order valence-electron chi connectivity index (χ0n) is 23.6. The van der Waals surface area contributed by atoms with Gasteiger partial charge in [-0.15, -0.1) is 0 Å². The normalized spacial score (nSPS) is 10.3. The van der Waals surface area contributed by atoms with Crippen LogP contribution >= 0.6 is 0 Å². The van der Waals surface area contributed by atoms with Crippen LogP contribution in [0, 0.1) is 6.92 Å². The molecule has 1 amide bonds. The SMILES string of the molecule is CC.CCc1cc(CCC=O)cc(C)c1Oc1ccc(O)c(C(=O)NCc2ccccc2)c1.CNS(C)(=O)=O. The van der Waals surface area contributed by atoms with Crippen LogP contribution in [0.4, 0.5) is 0 Å². The summed E-state index contributed by atoms with van der Waals surface area (Å²) in [4.78, 5) is 23.3. The number of aryl methyl sites for hydroxylation is 3. The number of aromatic hydroxyl groups is 1. The Morgan fingerprint density at radius 1 is 1.03 bits per heavy atom. The van der Waals surface area contributed by atoms with Crippen LogP contribution in [-0.2, 0) is 34.2 Å². The lowest BCUT2D eigenvalue weighted by Gasteiger charge is -2.16. The van der Waals surface area contributed by atoms with Crippen LogP contribution in [0.15, 0.2) is 60.7 Å². The number of hydrogen-bond acceptors (Lipinski definition) is 6. The smallest absolute Gasteiger partial charge is 0.255 e. The molecule has 212 valence electrons. The van der Waals surface area contributed by atoms with Gasteiger partial charge < -0.3 is 20.0 Å². The molecule has 3 N–H and O–H groups in total. The predicted octanol–water partition coefficient (Wildman–Crippen LogP) is 5.31. The highest BCUT2D eigenvalue weighted by atomic mass is 32.2. The second-order valence-corrected chi connectivity index (χ2v) is 10.3. The van der Waals surface area contributed by atoms with Crippen molar-refractivity contribution in [3.05, 3.63) is 88.5 Å². The Morgan fingerprint density at radius 2 is 1.67 bits per heavy atom. The number of carbonyl (C=O) groups is 2. The Hall–Kier alpha value is -3.69. The average molecular weight is 557 g/mol. The van der Waals surface area contributed by atoms with Crippen LogP contribution in [0.1, 0.15) is 59.8 Å². The van der Waals surface area contributed by atoms with Crippen molar-refractivity contribution in [1.82, 2.24) is 10.0 Å². The molecule has 0 saturated carbocycles. The maximum Gasteiger partial charge on any atom is 0.255 e. The van der Waals surface area contributed by atoms with Crippen molar-refractivity contribution in [2.45, 2.75) is 53.5 Å². The third-order valence-electron chi connectivity index (χ3n) is 5.44. The number of carbonyl (C=O) groups excluding carboxylic acids is 2. The van der Waals surface area contributed by atoms with Gasteiger partial charge in [0.2, 0.25) is 10.0 Å². The number of sulfonamides is 1. The molecule has 0 heterocycles. The highest BCUT2D eigenvalue weighted by Crippen LogP contribution is 2.33. The number of phenolic OH excluding ortho intramolecular Hbond substituents is 1. The minimum absolute atomic E-state index is 0.102. The summed E-state index contributed by atoms with van der Waals surface area (Å²) in [6.07, 6.45) is 3.98. The van der Waals surface area contributed by atoms with Crippen LogP contribution in [0.25, 0.3) is 0 Å². The Morgan fingerprint density at radius 3 is 2.23 bits per heavy atom. The molecule has 8 nitrogen and oxygen atoms in total. The molecule has 0 aliphatic rings. The molecule has 0 aliphatic carbocycles. The van der Waals surface area contributed by atoms with E-state index in [-0.39, 0.29) is 17.2 Å². The Bertz CT molecular complexity index is 1310. The lowest BCUT2D eigenvalue weighted by molar-refractivity contribution is -0.107. The molecule has 0 bridgehead atoms. The monoisotopic (exact) mass is 556 g/mol. The van der Waals surface area contributed by atoms with Crippen molar-refractivity contribution in [2.75, 3.05) is 13.3 Å². The van der Waals surface area contributed by atoms with Gasteiger partial charge >= 0.3 is 0 Å². The van der Waals surface area contributed by atoms with Crippen LogP contribution in [0.2, 0.25) is 0 Å². The number of rotatable bonds is 10. The molecule has 3 aromatic carbocycles. The number of phenols is 1. The summed E-state index contributed by atoms with van der Waals surface area (Å²) in [5, 5.41) is 13.0. The predicted molar refractivity (Wildman–Crippen MR) is 156 cm³/mol. The fourth-order valence-corrected chi connectivity index (χ4v) is 3.46. The number of amides is 1. The minimum atomic E-state index is -2.91. The fourth-order valence-electron chi connectivity index (χ4n) is 3.46. The minimum Gasteiger partial charge on any atom is -0.507 e. The first-order chi connectivity index (χ1) is 18.6. The molecule has 3 aromatic rings. The van der Waals surface area contributed by atoms with Gasteiger partial charge in [-0.1, -0.05) is 63.2 Å². The third kappa shape index (κ3) is 11.7. The van der Waals surface area contributed by atoms with E-state index in [4.69, 9.17) is 4.74 Å². The van der Waals surface area contributed by atoms with Crippen LogP contribution < -0.4 is 14.8 Å². The highest BCUT2D eigenvalue weighted by molar-refractivity contribution is 7.88. The molecule has 3 rings (SSSR count). The number of benzene rings is 3. The number of nitrogens with one attached hydrogen (secondary N) is 2. The molecule has 0 atom stereocenters. The average Bonchev–Trinajstić information content (AvgIpc) is 2.94. The molecule has 39 heavy (non-hydrogen) atoms. The summed E-state index contributed by atoms with van der Waals surface area (Å²) in [6, 6.07) is 18.3. The zero-order valence-corrected chi connectivity index (χ0v) is 24.4. The maximum absolute atomic E-state index is 12.6. The molecule has 0 aromatic heterocycles. The van der Waals surface area contributed by atoms with E-state index in [1.165, 1.54) is 13.1 Å². The van der Waals surface area contributed by atoms with Gasteiger partial charge in [0.15, 0.2) is 0 Å². The van der Waals surface area contributed by atoms with Crippen LogP contribution in [0.5, 0.6) is 17.2 Å². The van der Waals surface area contributed by atoms with Crippen molar-refractivity contribution in [1.29, 1.82) is 0 Å². The summed E-state index contributed by atoms with van der Waals surface area (Å²) < 4.78 is 28.0. The lowest BCUT2D eigenvalue weighted by atomic mass is 10.00. The van der Waals surface area contributed by atoms with Gasteiger partial charge in [-0.3, -0.25) is 4.79 Å². The molecule has 0 saturated heterocycles. The van der Waals surface area contributed by atoms with Gasteiger partial charge in [0.25, 0.3) is 5.91 Å². The summed E-state index contributed by atoms with van der Waals surface area (Å²) in [5.41, 5.74) is 4.22. The van der Waals surface area contributed by atoms with Crippen LogP contribution in [-0.4, -0.2) is 39.0 Å². The Labute approximate surface area is 232 Å². The van der Waals surface area contributed by atoms with Crippen molar-refractivity contribution in [3.63, 3.8) is 0 Å². The second kappa shape index (κ2) is 17.0. The summed E-state index contributed by atoms with van der Waals surface area (Å²) in [5.74, 6) is 0.734. The van der Waals surface area contributed by atoms with Gasteiger partial charge in [0.1, 0.15) is 23.5 Å². The fraction of sp³-hybridized carbons (Fsp3) is 0.333. The van der Waals surface area contributed by atoms with Crippen molar-refractivity contribution in [3.8, 4) is 17.2 Å². The van der Waals surface area contributed by atoms with Gasteiger partial charge in [-0.2, -0.15) is 0 Å². The Kier molecular flexibility index (Phi) is 14.5. The number of ether oxygens (including phenoxy) is 1. The van der Waals surface area contributed by atoms with Crippen LogP contribution in [0.3, 0.4) is 0 Å². The number of aldehydes is 1. The van der Waals surface area contributed by atoms with Gasteiger partial charge in [-0.25, -0.2) is 13.1 Å². The standard InChI is InChI=1S/C26H27NO4.C2H7NO2S.C2H6/c1-3-21-15-20(10-7-13-28)14-18(2)25(21)31-22-11-12-24(29)23(16-22)26(30)27-17-19-8-5-4-6-9-19;1-3-6(2,4)5;1-2/h4-6,8-9,11-16,29H,3,7,10,17H2,1-2H3,(H,27,30);3H,1-2H3;1-2H3. The summed E-state index contributed by atoms with van der Waals surface area (Å²) >= 11 is 0.